The van der Waals surface area contributed by atoms with E-state index in [4.69, 9.17) is 16.3 Å². The van der Waals surface area contributed by atoms with Crippen LogP contribution < -0.4 is 14.8 Å². The van der Waals surface area contributed by atoms with Gasteiger partial charge in [0.25, 0.3) is 5.91 Å². The van der Waals surface area contributed by atoms with Gasteiger partial charge in [-0.2, -0.15) is 0 Å². The monoisotopic (exact) mass is 416 g/mol. The zero-order valence-corrected chi connectivity index (χ0v) is 17.5. The molecule has 0 bridgehead atoms. The highest BCUT2D eigenvalue weighted by atomic mass is 35.5. The minimum Gasteiger partial charge on any atom is -0.482 e. The zero-order valence-electron chi connectivity index (χ0n) is 16.0. The fourth-order valence-electron chi connectivity index (χ4n) is 3.24. The first-order chi connectivity index (χ1) is 12.8. The highest BCUT2D eigenvalue weighted by Gasteiger charge is 2.22. The minimum absolute atomic E-state index is 0.0211. The number of carbonyl (C=O) groups excluding carboxylic acids is 1. The summed E-state index contributed by atoms with van der Waals surface area (Å²) in [5, 5.41) is 3.00. The Morgan fingerprint density at radius 2 is 2.00 bits per heavy atom. The van der Waals surface area contributed by atoms with Crippen molar-refractivity contribution in [1.29, 1.82) is 0 Å². The predicted octanol–water partition coefficient (Wildman–Crippen LogP) is 3.63. The molecular weight excluding hydrogens is 388 g/mol. The van der Waals surface area contributed by atoms with Crippen LogP contribution in [-0.2, 0) is 14.8 Å². The zero-order chi connectivity index (χ0) is 19.9. The Bertz CT molecular complexity index is 733. The molecule has 27 heavy (non-hydrogen) atoms. The van der Waals surface area contributed by atoms with Gasteiger partial charge in [0.15, 0.2) is 6.61 Å². The average molecular weight is 417 g/mol. The molecule has 2 rings (SSSR count). The van der Waals surface area contributed by atoms with Gasteiger partial charge < -0.3 is 10.1 Å². The van der Waals surface area contributed by atoms with Crippen LogP contribution in [0.4, 0.5) is 0 Å². The molecule has 0 radical (unpaired) electrons. The molecule has 1 saturated carbocycles. The number of benzene rings is 1. The minimum atomic E-state index is -3.62. The van der Waals surface area contributed by atoms with E-state index in [1.165, 1.54) is 18.2 Å². The highest BCUT2D eigenvalue weighted by molar-refractivity contribution is 7.89. The lowest BCUT2D eigenvalue weighted by atomic mass is 9.96. The summed E-state index contributed by atoms with van der Waals surface area (Å²) in [5.41, 5.74) is 0. The Balaban J connectivity index is 1.95. The van der Waals surface area contributed by atoms with Gasteiger partial charge in [-0.1, -0.05) is 44.2 Å². The number of ether oxygens (including phenoxy) is 1. The molecule has 1 atom stereocenters. The van der Waals surface area contributed by atoms with Crippen molar-refractivity contribution in [1.82, 2.24) is 10.0 Å². The number of hydrogen-bond acceptors (Lipinski definition) is 4. The van der Waals surface area contributed by atoms with Crippen LogP contribution in [0, 0.1) is 0 Å². The van der Waals surface area contributed by atoms with Gasteiger partial charge in [0, 0.05) is 12.1 Å². The summed E-state index contributed by atoms with van der Waals surface area (Å²) in [4.78, 5) is 12.0. The molecule has 0 spiro atoms. The van der Waals surface area contributed by atoms with Crippen LogP contribution in [-0.4, -0.2) is 33.0 Å². The van der Waals surface area contributed by atoms with E-state index in [0.29, 0.717) is 0 Å². The summed E-state index contributed by atoms with van der Waals surface area (Å²) < 4.78 is 33.3. The molecule has 1 fully saturated rings. The maximum atomic E-state index is 12.5. The van der Waals surface area contributed by atoms with Crippen molar-refractivity contribution in [3.63, 3.8) is 0 Å². The number of amides is 1. The van der Waals surface area contributed by atoms with Crippen molar-refractivity contribution in [3.8, 4) is 5.75 Å². The molecule has 2 N–H and O–H groups in total. The number of carbonyl (C=O) groups is 1. The van der Waals surface area contributed by atoms with Gasteiger partial charge in [-0.05, 0) is 44.4 Å². The van der Waals surface area contributed by atoms with Crippen LogP contribution in [0.5, 0.6) is 5.75 Å². The second-order valence-corrected chi connectivity index (χ2v) is 9.22. The number of nitrogens with one attached hydrogen (secondary N) is 2. The van der Waals surface area contributed by atoms with E-state index >= 15 is 0 Å². The van der Waals surface area contributed by atoms with Gasteiger partial charge in [-0.25, -0.2) is 13.1 Å². The summed E-state index contributed by atoms with van der Waals surface area (Å²) in [5.74, 6) is 0.0502. The Morgan fingerprint density at radius 3 is 2.63 bits per heavy atom. The van der Waals surface area contributed by atoms with Crippen molar-refractivity contribution in [2.24, 2.45) is 0 Å². The Labute approximate surface area is 167 Å². The number of hydrogen-bond donors (Lipinski definition) is 2. The van der Waals surface area contributed by atoms with Crippen LogP contribution in [0.2, 0.25) is 5.02 Å². The molecule has 0 saturated heterocycles. The quantitative estimate of drug-likeness (QED) is 0.643. The van der Waals surface area contributed by atoms with Crippen LogP contribution in [0.1, 0.15) is 58.8 Å². The summed E-state index contributed by atoms with van der Waals surface area (Å²) in [6, 6.07) is 4.36. The largest absolute Gasteiger partial charge is 0.482 e. The van der Waals surface area contributed by atoms with Crippen molar-refractivity contribution < 1.29 is 17.9 Å². The summed E-state index contributed by atoms with van der Waals surface area (Å²) >= 11 is 6.17. The topological polar surface area (TPSA) is 84.5 Å². The molecule has 0 aromatic heterocycles. The standard InChI is InChI=1S/C19H29ClN2O4S/c1-3-7-14(2)21-19(23)13-26-18-11-10-16(12-17(18)20)27(24,25)22-15-8-5-4-6-9-15/h10-12,14-15,22H,3-9,13H2,1-2H3,(H,21,23). The van der Waals surface area contributed by atoms with Crippen molar-refractivity contribution in [2.75, 3.05) is 6.61 Å². The summed E-state index contributed by atoms with van der Waals surface area (Å²) in [7, 11) is -3.62. The Hall–Kier alpha value is -1.31. The average Bonchev–Trinajstić information content (AvgIpc) is 2.61. The normalized spacial score (nSPS) is 16.7. The Kier molecular flexibility index (Phi) is 8.38. The molecule has 1 amide bonds. The molecule has 0 heterocycles. The van der Waals surface area contributed by atoms with Crippen LogP contribution in [0.3, 0.4) is 0 Å². The Morgan fingerprint density at radius 1 is 1.30 bits per heavy atom. The molecule has 152 valence electrons. The lowest BCUT2D eigenvalue weighted by molar-refractivity contribution is -0.123. The third-order valence-corrected chi connectivity index (χ3v) is 6.44. The number of sulfonamides is 1. The first kappa shape index (κ1) is 22.0. The SMILES string of the molecule is CCCC(C)NC(=O)COc1ccc(S(=O)(=O)NC2CCCCC2)cc1Cl. The number of halogens is 1. The molecule has 1 aromatic carbocycles. The van der Waals surface area contributed by atoms with Gasteiger partial charge in [0.1, 0.15) is 5.75 Å². The summed E-state index contributed by atoms with van der Waals surface area (Å²) in [6.07, 6.45) is 6.84. The lowest BCUT2D eigenvalue weighted by Crippen LogP contribution is -2.36. The van der Waals surface area contributed by atoms with E-state index in [2.05, 4.69) is 17.0 Å². The second-order valence-electron chi connectivity index (χ2n) is 7.09. The molecule has 1 aliphatic rings. The molecule has 0 aliphatic heterocycles. The van der Waals surface area contributed by atoms with E-state index in [9.17, 15) is 13.2 Å². The maximum absolute atomic E-state index is 12.5. The van der Waals surface area contributed by atoms with E-state index in [-0.39, 0.29) is 40.3 Å². The summed E-state index contributed by atoms with van der Waals surface area (Å²) in [6.45, 7) is 3.82. The van der Waals surface area contributed by atoms with Gasteiger partial charge in [0.2, 0.25) is 10.0 Å². The van der Waals surface area contributed by atoms with E-state index in [1.807, 2.05) is 6.92 Å². The molecule has 1 aromatic rings. The third kappa shape index (κ3) is 6.97. The van der Waals surface area contributed by atoms with Crippen molar-refractivity contribution in [3.05, 3.63) is 23.2 Å². The maximum Gasteiger partial charge on any atom is 0.258 e. The van der Waals surface area contributed by atoms with Crippen molar-refractivity contribution in [2.45, 2.75) is 75.8 Å². The molecule has 6 nitrogen and oxygen atoms in total. The number of rotatable bonds is 9. The van der Waals surface area contributed by atoms with Crippen LogP contribution in [0.15, 0.2) is 23.1 Å². The van der Waals surface area contributed by atoms with E-state index in [0.717, 1.165) is 44.9 Å². The van der Waals surface area contributed by atoms with Gasteiger partial charge in [0.05, 0.1) is 9.92 Å². The van der Waals surface area contributed by atoms with E-state index < -0.39 is 10.0 Å². The van der Waals surface area contributed by atoms with Crippen LogP contribution in [0.25, 0.3) is 0 Å². The third-order valence-electron chi connectivity index (χ3n) is 4.63. The molecule has 1 unspecified atom stereocenters. The van der Waals surface area contributed by atoms with Gasteiger partial charge in [-0.3, -0.25) is 4.79 Å². The lowest BCUT2D eigenvalue weighted by Gasteiger charge is -2.22. The first-order valence-corrected chi connectivity index (χ1v) is 11.4. The second kappa shape index (κ2) is 10.3. The molecular formula is C19H29ClN2O4S. The molecule has 8 heteroatoms. The highest BCUT2D eigenvalue weighted by Crippen LogP contribution is 2.28. The fraction of sp³-hybridized carbons (Fsp3) is 0.632. The first-order valence-electron chi connectivity index (χ1n) is 9.56. The smallest absolute Gasteiger partial charge is 0.258 e. The van der Waals surface area contributed by atoms with E-state index in [1.54, 1.807) is 0 Å². The fourth-order valence-corrected chi connectivity index (χ4v) is 4.87. The van der Waals surface area contributed by atoms with Crippen molar-refractivity contribution >= 4 is 27.5 Å². The molecule has 1 aliphatic carbocycles. The predicted molar refractivity (Wildman–Crippen MR) is 107 cm³/mol. The van der Waals surface area contributed by atoms with Crippen LogP contribution >= 0.6 is 11.6 Å². The van der Waals surface area contributed by atoms with Gasteiger partial charge >= 0.3 is 0 Å². The van der Waals surface area contributed by atoms with Gasteiger partial charge in [-0.15, -0.1) is 0 Å².